The first-order valence-electron chi connectivity index (χ1n) is 7.07. The van der Waals surface area contributed by atoms with Crippen molar-refractivity contribution in [2.45, 2.75) is 25.8 Å². The van der Waals surface area contributed by atoms with Gasteiger partial charge in [-0.25, -0.2) is 0 Å². The summed E-state index contributed by atoms with van der Waals surface area (Å²) < 4.78 is 13.9. The molecule has 2 aromatic rings. The van der Waals surface area contributed by atoms with Crippen LogP contribution in [0.15, 0.2) is 18.2 Å². The van der Waals surface area contributed by atoms with Crippen LogP contribution in [0.5, 0.6) is 5.75 Å². The molecule has 0 saturated carbocycles. The van der Waals surface area contributed by atoms with E-state index >= 15 is 0 Å². The van der Waals surface area contributed by atoms with Gasteiger partial charge in [-0.3, -0.25) is 0 Å². The number of nitrogens with zero attached hydrogens (tertiary/aromatic N) is 1. The first kappa shape index (κ1) is 13.6. The highest BCUT2D eigenvalue weighted by atomic mass is 32.1. The predicted octanol–water partition coefficient (Wildman–Crippen LogP) is 3.70. The number of hydrogen-bond acceptors (Lipinski definition) is 3. The maximum absolute atomic E-state index is 5.53. The topological polar surface area (TPSA) is 39.2 Å². The summed E-state index contributed by atoms with van der Waals surface area (Å²) in [6, 6.07) is 6.43. The first-order valence-corrected chi connectivity index (χ1v) is 7.48. The van der Waals surface area contributed by atoms with E-state index in [2.05, 4.69) is 22.5 Å². The van der Waals surface area contributed by atoms with E-state index in [1.807, 2.05) is 12.1 Å². The maximum Gasteiger partial charge on any atom is 0.178 e. The van der Waals surface area contributed by atoms with Gasteiger partial charge in [0.15, 0.2) is 4.77 Å². The zero-order chi connectivity index (χ0) is 14.1. The number of imidazole rings is 1. The molecule has 1 saturated heterocycles. The summed E-state index contributed by atoms with van der Waals surface area (Å²) in [5, 5.41) is 0. The number of hydrogen-bond donors (Lipinski definition) is 1. The maximum atomic E-state index is 5.53. The highest BCUT2D eigenvalue weighted by Crippen LogP contribution is 2.33. The van der Waals surface area contributed by atoms with Crippen LogP contribution in [0.2, 0.25) is 0 Å². The third kappa shape index (κ3) is 2.25. The van der Waals surface area contributed by atoms with Gasteiger partial charge in [0.2, 0.25) is 0 Å². The summed E-state index contributed by atoms with van der Waals surface area (Å²) in [5.41, 5.74) is 2.10. The van der Waals surface area contributed by atoms with Gasteiger partial charge < -0.3 is 19.0 Å². The van der Waals surface area contributed by atoms with Gasteiger partial charge in [0.25, 0.3) is 0 Å². The van der Waals surface area contributed by atoms with Crippen molar-refractivity contribution in [2.24, 2.45) is 5.92 Å². The van der Waals surface area contributed by atoms with Crippen LogP contribution in [-0.2, 0) is 4.74 Å². The number of para-hydroxylation sites is 1. The van der Waals surface area contributed by atoms with Crippen LogP contribution in [-0.4, -0.2) is 29.9 Å². The van der Waals surface area contributed by atoms with Gasteiger partial charge in [-0.15, -0.1) is 0 Å². The Hall–Kier alpha value is -1.33. The smallest absolute Gasteiger partial charge is 0.178 e. The molecule has 0 amide bonds. The molecule has 1 unspecified atom stereocenters. The van der Waals surface area contributed by atoms with Gasteiger partial charge in [-0.05, 0) is 50.0 Å². The van der Waals surface area contributed by atoms with E-state index < -0.39 is 0 Å². The van der Waals surface area contributed by atoms with Gasteiger partial charge in [-0.1, -0.05) is 6.07 Å². The van der Waals surface area contributed by atoms with Gasteiger partial charge in [0.1, 0.15) is 11.3 Å². The van der Waals surface area contributed by atoms with E-state index in [-0.39, 0.29) is 0 Å². The van der Waals surface area contributed by atoms with Gasteiger partial charge in [0, 0.05) is 19.3 Å². The lowest BCUT2D eigenvalue weighted by Gasteiger charge is -2.29. The summed E-state index contributed by atoms with van der Waals surface area (Å²) in [5.74, 6) is 1.45. The molecule has 1 fully saturated rings. The Morgan fingerprint density at radius 2 is 2.15 bits per heavy atom. The zero-order valence-electron chi connectivity index (χ0n) is 11.9. The molecule has 1 aromatic carbocycles. The Bertz CT molecular complexity index is 655. The molecule has 1 N–H and O–H groups in total. The van der Waals surface area contributed by atoms with Crippen LogP contribution >= 0.6 is 12.2 Å². The molecule has 5 heteroatoms. The van der Waals surface area contributed by atoms with E-state index in [0.717, 1.165) is 47.6 Å². The van der Waals surface area contributed by atoms with Crippen LogP contribution in [0.25, 0.3) is 11.0 Å². The Balaban J connectivity index is 2.06. The van der Waals surface area contributed by atoms with Gasteiger partial charge >= 0.3 is 0 Å². The van der Waals surface area contributed by atoms with Crippen LogP contribution in [0, 0.1) is 10.7 Å². The average molecular weight is 292 g/mol. The molecular formula is C15H20N2O2S. The number of rotatable bonds is 3. The minimum absolute atomic E-state index is 0.368. The Kier molecular flexibility index (Phi) is 3.81. The summed E-state index contributed by atoms with van der Waals surface area (Å²) in [6.07, 6.45) is 2.19. The highest BCUT2D eigenvalue weighted by Gasteiger charge is 2.24. The lowest BCUT2D eigenvalue weighted by atomic mass is 9.92. The Morgan fingerprint density at radius 3 is 2.85 bits per heavy atom. The Morgan fingerprint density at radius 1 is 1.40 bits per heavy atom. The van der Waals surface area contributed by atoms with Crippen LogP contribution in [0.3, 0.4) is 0 Å². The number of aromatic nitrogens is 2. The van der Waals surface area contributed by atoms with Crippen molar-refractivity contribution in [3.05, 3.63) is 23.0 Å². The van der Waals surface area contributed by atoms with Crippen molar-refractivity contribution in [3.63, 3.8) is 0 Å². The van der Waals surface area contributed by atoms with Crippen molar-refractivity contribution in [2.75, 3.05) is 20.3 Å². The second-order valence-electron chi connectivity index (χ2n) is 5.34. The second-order valence-corrected chi connectivity index (χ2v) is 5.73. The summed E-state index contributed by atoms with van der Waals surface area (Å²) in [4.78, 5) is 3.29. The average Bonchev–Trinajstić information content (AvgIpc) is 2.83. The van der Waals surface area contributed by atoms with E-state index in [0.29, 0.717) is 12.0 Å². The first-order chi connectivity index (χ1) is 9.72. The third-order valence-corrected chi connectivity index (χ3v) is 4.59. The van der Waals surface area contributed by atoms with E-state index in [4.69, 9.17) is 21.7 Å². The fraction of sp³-hybridized carbons (Fsp3) is 0.533. The molecule has 4 nitrogen and oxygen atoms in total. The molecule has 1 aliphatic heterocycles. The number of methoxy groups -OCH3 is 1. The summed E-state index contributed by atoms with van der Waals surface area (Å²) in [7, 11) is 1.69. The minimum Gasteiger partial charge on any atom is -0.494 e. The minimum atomic E-state index is 0.368. The molecule has 108 valence electrons. The van der Waals surface area contributed by atoms with E-state index in [9.17, 15) is 0 Å². The van der Waals surface area contributed by atoms with E-state index in [1.165, 1.54) is 0 Å². The molecule has 3 rings (SSSR count). The Labute approximate surface area is 123 Å². The van der Waals surface area contributed by atoms with Crippen LogP contribution < -0.4 is 4.74 Å². The van der Waals surface area contributed by atoms with Crippen LogP contribution in [0.1, 0.15) is 25.8 Å². The van der Waals surface area contributed by atoms with E-state index in [1.54, 1.807) is 7.11 Å². The normalized spacial score (nSPS) is 18.3. The molecular weight excluding hydrogens is 272 g/mol. The molecule has 0 aliphatic carbocycles. The summed E-state index contributed by atoms with van der Waals surface area (Å²) >= 11 is 5.53. The van der Waals surface area contributed by atoms with Crippen molar-refractivity contribution in [1.82, 2.24) is 9.55 Å². The monoisotopic (exact) mass is 292 g/mol. The number of H-pyrrole nitrogens is 1. The fourth-order valence-corrected chi connectivity index (χ4v) is 3.47. The fourth-order valence-electron chi connectivity index (χ4n) is 3.11. The highest BCUT2D eigenvalue weighted by molar-refractivity contribution is 7.71. The third-order valence-electron chi connectivity index (χ3n) is 4.29. The number of aromatic amines is 1. The number of ether oxygens (including phenoxy) is 2. The number of fused-ring (bicyclic) bond motifs is 1. The standard InChI is InChI=1S/C15H20N2O2S/c1-10(11-6-8-19-9-7-11)17-12-4-3-5-13(18-2)14(12)16-15(17)20/h3-5,10-11H,6-9H2,1-2H3,(H,16,20). The number of benzene rings is 1. The van der Waals surface area contributed by atoms with Crippen molar-refractivity contribution >= 4 is 23.3 Å². The zero-order valence-corrected chi connectivity index (χ0v) is 12.7. The largest absolute Gasteiger partial charge is 0.494 e. The predicted molar refractivity (Wildman–Crippen MR) is 81.9 cm³/mol. The van der Waals surface area contributed by atoms with Gasteiger partial charge in [0.05, 0.1) is 12.6 Å². The van der Waals surface area contributed by atoms with Crippen molar-refractivity contribution in [1.29, 1.82) is 0 Å². The van der Waals surface area contributed by atoms with Gasteiger partial charge in [-0.2, -0.15) is 0 Å². The molecule has 1 aromatic heterocycles. The summed E-state index contributed by atoms with van der Waals surface area (Å²) in [6.45, 7) is 3.96. The van der Waals surface area contributed by atoms with Crippen molar-refractivity contribution in [3.8, 4) is 5.75 Å². The second kappa shape index (κ2) is 5.58. The molecule has 1 aliphatic rings. The lowest BCUT2D eigenvalue weighted by molar-refractivity contribution is 0.0517. The SMILES string of the molecule is COc1cccc2c1[nH]c(=S)n2C(C)C1CCOCC1. The lowest BCUT2D eigenvalue weighted by Crippen LogP contribution is -2.24. The quantitative estimate of drug-likeness (QED) is 0.877. The molecule has 20 heavy (non-hydrogen) atoms. The molecule has 0 bridgehead atoms. The molecule has 0 spiro atoms. The van der Waals surface area contributed by atoms with Crippen molar-refractivity contribution < 1.29 is 9.47 Å². The molecule has 1 atom stereocenters. The molecule has 2 heterocycles. The van der Waals surface area contributed by atoms with Crippen LogP contribution in [0.4, 0.5) is 0 Å². The number of nitrogens with one attached hydrogen (secondary N) is 1. The molecule has 0 radical (unpaired) electrons.